The summed E-state index contributed by atoms with van der Waals surface area (Å²) >= 11 is 6.18. The summed E-state index contributed by atoms with van der Waals surface area (Å²) in [5.41, 5.74) is 1.33. The highest BCUT2D eigenvalue weighted by Gasteiger charge is 2.37. The molecule has 0 heterocycles. The third kappa shape index (κ3) is 6.47. The second-order valence-electron chi connectivity index (χ2n) is 9.79. The first-order valence-corrected chi connectivity index (χ1v) is 12.6. The van der Waals surface area contributed by atoms with Crippen LogP contribution in [0.5, 0.6) is 0 Å². The van der Waals surface area contributed by atoms with Gasteiger partial charge in [0.2, 0.25) is 0 Å². The van der Waals surface area contributed by atoms with Gasteiger partial charge in [-0.3, -0.25) is 9.69 Å². The van der Waals surface area contributed by atoms with Gasteiger partial charge in [0, 0.05) is 30.6 Å². The number of carboxylic acids is 1. The zero-order valence-corrected chi connectivity index (χ0v) is 19.6. The van der Waals surface area contributed by atoms with Crippen LogP contribution < -0.4 is 0 Å². The molecule has 0 radical (unpaired) electrons. The number of halogens is 1. The van der Waals surface area contributed by atoms with E-state index in [9.17, 15) is 9.90 Å². The fourth-order valence-corrected chi connectivity index (χ4v) is 6.05. The number of benzene rings is 1. The van der Waals surface area contributed by atoms with Crippen molar-refractivity contribution in [2.24, 2.45) is 17.8 Å². The highest BCUT2D eigenvalue weighted by molar-refractivity contribution is 6.30. The molecule has 0 aromatic heterocycles. The highest BCUT2D eigenvalue weighted by Crippen LogP contribution is 2.42. The van der Waals surface area contributed by atoms with E-state index < -0.39 is 5.97 Å². The lowest BCUT2D eigenvalue weighted by Crippen LogP contribution is -2.47. The lowest BCUT2D eigenvalue weighted by Gasteiger charge is -2.45. The van der Waals surface area contributed by atoms with Crippen molar-refractivity contribution in [2.75, 3.05) is 13.1 Å². The molecule has 0 aliphatic heterocycles. The Morgan fingerprint density at radius 1 is 1.07 bits per heavy atom. The summed E-state index contributed by atoms with van der Waals surface area (Å²) < 4.78 is 0. The Morgan fingerprint density at radius 3 is 2.33 bits per heavy atom. The summed E-state index contributed by atoms with van der Waals surface area (Å²) in [7, 11) is 0. The molecule has 2 aliphatic rings. The fraction of sp³-hybridized carbons (Fsp3) is 0.731. The van der Waals surface area contributed by atoms with E-state index in [0.29, 0.717) is 18.4 Å². The maximum atomic E-state index is 11.4. The molecule has 3 rings (SSSR count). The molecule has 2 saturated carbocycles. The van der Waals surface area contributed by atoms with E-state index in [2.05, 4.69) is 30.9 Å². The van der Waals surface area contributed by atoms with Crippen molar-refractivity contribution in [2.45, 2.75) is 90.0 Å². The average Bonchev–Trinajstić information content (AvgIpc) is 3.24. The van der Waals surface area contributed by atoms with E-state index in [1.807, 2.05) is 12.1 Å². The number of carbonyl (C=O) groups is 1. The van der Waals surface area contributed by atoms with Gasteiger partial charge in [0.05, 0.1) is 0 Å². The average molecular weight is 434 g/mol. The van der Waals surface area contributed by atoms with Crippen LogP contribution in [0.4, 0.5) is 0 Å². The van der Waals surface area contributed by atoms with E-state index in [-0.39, 0.29) is 5.92 Å². The monoisotopic (exact) mass is 433 g/mol. The van der Waals surface area contributed by atoms with E-state index in [0.717, 1.165) is 36.1 Å². The molecular weight excluding hydrogens is 394 g/mol. The van der Waals surface area contributed by atoms with Crippen LogP contribution in [0.25, 0.3) is 0 Å². The van der Waals surface area contributed by atoms with Crippen molar-refractivity contribution >= 4 is 17.6 Å². The number of carboxylic acid groups (broad SMARTS) is 1. The summed E-state index contributed by atoms with van der Waals surface area (Å²) in [4.78, 5) is 14.2. The topological polar surface area (TPSA) is 40.5 Å². The standard InChI is InChI=1S/C26H40ClNO2/c1-3-19(4-2)17-28(18-20-7-5-6-8-20)25-14-9-21(16-26(29)30)15-24(25)22-10-12-23(27)13-11-22/h10-13,19-21,24-25H,3-9,14-18H2,1-2H3,(H,29,30)/t21-,24+,25-/m1/s1. The summed E-state index contributed by atoms with van der Waals surface area (Å²) in [6.07, 6.45) is 11.4. The minimum atomic E-state index is -0.659. The third-order valence-corrected chi connectivity index (χ3v) is 8.02. The molecular formula is C26H40ClNO2. The van der Waals surface area contributed by atoms with Gasteiger partial charge in [0.15, 0.2) is 0 Å². The van der Waals surface area contributed by atoms with Gasteiger partial charge in [-0.1, -0.05) is 63.3 Å². The van der Waals surface area contributed by atoms with E-state index in [1.165, 1.54) is 57.2 Å². The number of nitrogens with zero attached hydrogens (tertiary/aromatic N) is 1. The van der Waals surface area contributed by atoms with Crippen molar-refractivity contribution in [3.63, 3.8) is 0 Å². The predicted octanol–water partition coefficient (Wildman–Crippen LogP) is 7.00. The van der Waals surface area contributed by atoms with E-state index in [1.54, 1.807) is 0 Å². The van der Waals surface area contributed by atoms with Gasteiger partial charge in [0.1, 0.15) is 0 Å². The van der Waals surface area contributed by atoms with Crippen LogP contribution in [-0.4, -0.2) is 35.1 Å². The lowest BCUT2D eigenvalue weighted by molar-refractivity contribution is -0.138. The van der Waals surface area contributed by atoms with Crippen LogP contribution in [0.2, 0.25) is 5.02 Å². The number of rotatable bonds is 10. The zero-order chi connectivity index (χ0) is 21.5. The summed E-state index contributed by atoms with van der Waals surface area (Å²) in [5, 5.41) is 10.1. The normalized spacial score (nSPS) is 25.3. The number of hydrogen-bond donors (Lipinski definition) is 1. The van der Waals surface area contributed by atoms with Gasteiger partial charge in [-0.2, -0.15) is 0 Å². The first-order chi connectivity index (χ1) is 14.5. The maximum Gasteiger partial charge on any atom is 0.303 e. The molecule has 0 amide bonds. The summed E-state index contributed by atoms with van der Waals surface area (Å²) in [6, 6.07) is 8.85. The van der Waals surface area contributed by atoms with Gasteiger partial charge < -0.3 is 5.11 Å². The molecule has 168 valence electrons. The Morgan fingerprint density at radius 2 is 1.73 bits per heavy atom. The first kappa shape index (κ1) is 23.6. The molecule has 3 atom stereocenters. The molecule has 1 aromatic rings. The summed E-state index contributed by atoms with van der Waals surface area (Å²) in [5.74, 6) is 1.60. The van der Waals surface area contributed by atoms with E-state index in [4.69, 9.17) is 11.6 Å². The van der Waals surface area contributed by atoms with Crippen molar-refractivity contribution in [3.05, 3.63) is 34.9 Å². The van der Waals surface area contributed by atoms with Crippen molar-refractivity contribution in [3.8, 4) is 0 Å². The molecule has 30 heavy (non-hydrogen) atoms. The zero-order valence-electron chi connectivity index (χ0n) is 18.9. The second kappa shape index (κ2) is 11.5. The Balaban J connectivity index is 1.84. The van der Waals surface area contributed by atoms with Gasteiger partial charge in [0.25, 0.3) is 0 Å². The first-order valence-electron chi connectivity index (χ1n) is 12.2. The third-order valence-electron chi connectivity index (χ3n) is 7.77. The molecule has 0 spiro atoms. The Labute approximate surface area is 188 Å². The van der Waals surface area contributed by atoms with Crippen LogP contribution in [-0.2, 0) is 4.79 Å². The molecule has 4 heteroatoms. The van der Waals surface area contributed by atoms with Gasteiger partial charge >= 0.3 is 5.97 Å². The molecule has 1 aromatic carbocycles. The minimum absolute atomic E-state index is 0.279. The Hall–Kier alpha value is -1.06. The predicted molar refractivity (Wildman–Crippen MR) is 125 cm³/mol. The van der Waals surface area contributed by atoms with Crippen LogP contribution in [0.1, 0.15) is 89.5 Å². The van der Waals surface area contributed by atoms with E-state index >= 15 is 0 Å². The Kier molecular flexibility index (Phi) is 9.07. The molecule has 1 N–H and O–H groups in total. The Bertz CT molecular complexity index is 648. The smallest absolute Gasteiger partial charge is 0.303 e. The number of aliphatic carboxylic acids is 1. The maximum absolute atomic E-state index is 11.4. The quantitative estimate of drug-likeness (QED) is 0.432. The minimum Gasteiger partial charge on any atom is -0.481 e. The van der Waals surface area contributed by atoms with Gasteiger partial charge in [-0.25, -0.2) is 0 Å². The fourth-order valence-electron chi connectivity index (χ4n) is 5.93. The van der Waals surface area contributed by atoms with Crippen LogP contribution in [0.15, 0.2) is 24.3 Å². The van der Waals surface area contributed by atoms with Gasteiger partial charge in [-0.05, 0) is 73.5 Å². The largest absolute Gasteiger partial charge is 0.481 e. The molecule has 2 fully saturated rings. The van der Waals surface area contributed by atoms with Crippen molar-refractivity contribution in [1.29, 1.82) is 0 Å². The van der Waals surface area contributed by atoms with Crippen LogP contribution in [0.3, 0.4) is 0 Å². The molecule has 0 saturated heterocycles. The van der Waals surface area contributed by atoms with Crippen LogP contribution in [0, 0.1) is 17.8 Å². The van der Waals surface area contributed by atoms with Crippen LogP contribution >= 0.6 is 11.6 Å². The summed E-state index contributed by atoms with van der Waals surface area (Å²) in [6.45, 7) is 7.04. The van der Waals surface area contributed by atoms with Crippen molar-refractivity contribution in [1.82, 2.24) is 4.90 Å². The SMILES string of the molecule is CCC(CC)CN(CC1CCCC1)[C@@H]1CC[C@@H](CC(=O)O)C[C@H]1c1ccc(Cl)cc1. The molecule has 0 unspecified atom stereocenters. The highest BCUT2D eigenvalue weighted by atomic mass is 35.5. The molecule has 2 aliphatic carbocycles. The number of hydrogen-bond acceptors (Lipinski definition) is 2. The molecule has 0 bridgehead atoms. The molecule has 3 nitrogen and oxygen atoms in total. The second-order valence-corrected chi connectivity index (χ2v) is 10.2. The van der Waals surface area contributed by atoms with Crippen molar-refractivity contribution < 1.29 is 9.90 Å². The van der Waals surface area contributed by atoms with Gasteiger partial charge in [-0.15, -0.1) is 0 Å². The lowest BCUT2D eigenvalue weighted by atomic mass is 9.72.